The van der Waals surface area contributed by atoms with Gasteiger partial charge in [-0.3, -0.25) is 4.79 Å². The highest BCUT2D eigenvalue weighted by atomic mass is 16.4. The van der Waals surface area contributed by atoms with Crippen LogP contribution in [-0.2, 0) is 9.59 Å². The zero-order valence-electron chi connectivity index (χ0n) is 10.6. The second-order valence-electron chi connectivity index (χ2n) is 4.22. The van der Waals surface area contributed by atoms with E-state index in [1.807, 2.05) is 0 Å². The van der Waals surface area contributed by atoms with Crippen LogP contribution in [0, 0.1) is 11.8 Å². The van der Waals surface area contributed by atoms with Crippen LogP contribution in [0.25, 0.3) is 0 Å². The maximum atomic E-state index is 10.7. The van der Waals surface area contributed by atoms with Crippen LogP contribution in [0.15, 0.2) is 0 Å². The smallest absolute Gasteiger partial charge is 0.303 e. The van der Waals surface area contributed by atoms with E-state index in [-0.39, 0.29) is 12.2 Å². The minimum absolute atomic E-state index is 0.208. The fourth-order valence-electron chi connectivity index (χ4n) is 1.45. The first-order valence-electron chi connectivity index (χ1n) is 6.30. The molecule has 96 valence electrons. The number of ketones is 1. The van der Waals surface area contributed by atoms with E-state index >= 15 is 0 Å². The van der Waals surface area contributed by atoms with E-state index in [1.54, 1.807) is 6.92 Å². The van der Waals surface area contributed by atoms with E-state index < -0.39 is 5.97 Å². The van der Waals surface area contributed by atoms with Crippen LogP contribution in [0.3, 0.4) is 0 Å². The highest BCUT2D eigenvalue weighted by molar-refractivity contribution is 5.75. The van der Waals surface area contributed by atoms with Gasteiger partial charge in [-0.25, -0.2) is 0 Å². The number of carboxylic acids is 1. The first kappa shape index (κ1) is 15.7. The summed E-state index contributed by atoms with van der Waals surface area (Å²) in [6.45, 7) is 1.63. The Morgan fingerprint density at radius 3 is 2.06 bits per heavy atom. The number of aliphatic carboxylic acids is 1. The van der Waals surface area contributed by atoms with Crippen LogP contribution in [0.5, 0.6) is 0 Å². The maximum absolute atomic E-state index is 10.7. The van der Waals surface area contributed by atoms with Crippen LogP contribution in [0.4, 0.5) is 0 Å². The fourth-order valence-corrected chi connectivity index (χ4v) is 1.45. The summed E-state index contributed by atoms with van der Waals surface area (Å²) < 4.78 is 0. The molecule has 0 atom stereocenters. The first-order valence-corrected chi connectivity index (χ1v) is 6.30. The molecule has 0 fully saturated rings. The molecule has 0 aromatic rings. The molecule has 0 aromatic carbocycles. The van der Waals surface area contributed by atoms with E-state index in [4.69, 9.17) is 5.11 Å². The van der Waals surface area contributed by atoms with Crippen molar-refractivity contribution in [3.05, 3.63) is 0 Å². The van der Waals surface area contributed by atoms with Crippen molar-refractivity contribution in [2.45, 2.75) is 64.7 Å². The topological polar surface area (TPSA) is 54.4 Å². The molecule has 0 heterocycles. The molecule has 0 rings (SSSR count). The Kier molecular flexibility index (Phi) is 10.3. The molecule has 0 radical (unpaired) electrons. The molecule has 1 N–H and O–H groups in total. The summed E-state index contributed by atoms with van der Waals surface area (Å²) in [5.74, 6) is 5.55. The summed E-state index contributed by atoms with van der Waals surface area (Å²) >= 11 is 0. The molecule has 0 aliphatic carbocycles. The van der Waals surface area contributed by atoms with Crippen LogP contribution >= 0.6 is 0 Å². The summed E-state index contributed by atoms with van der Waals surface area (Å²) in [6, 6.07) is 0. The molecular weight excluding hydrogens is 216 g/mol. The van der Waals surface area contributed by atoms with Crippen molar-refractivity contribution in [1.29, 1.82) is 0 Å². The normalized spacial score (nSPS) is 9.47. The van der Waals surface area contributed by atoms with Crippen molar-refractivity contribution in [1.82, 2.24) is 0 Å². The van der Waals surface area contributed by atoms with Gasteiger partial charge in [0.15, 0.2) is 0 Å². The lowest BCUT2D eigenvalue weighted by Crippen LogP contribution is -1.92. The molecule has 17 heavy (non-hydrogen) atoms. The van der Waals surface area contributed by atoms with Gasteiger partial charge in [-0.15, -0.1) is 11.8 Å². The Hall–Kier alpha value is -1.30. The van der Waals surface area contributed by atoms with E-state index in [0.29, 0.717) is 19.3 Å². The third-order valence-corrected chi connectivity index (χ3v) is 2.40. The maximum Gasteiger partial charge on any atom is 0.303 e. The highest BCUT2D eigenvalue weighted by Crippen LogP contribution is 2.05. The van der Waals surface area contributed by atoms with Gasteiger partial charge in [0.2, 0.25) is 0 Å². The molecule has 0 saturated carbocycles. The summed E-state index contributed by atoms with van der Waals surface area (Å²) in [5, 5.41) is 8.40. The van der Waals surface area contributed by atoms with Crippen LogP contribution in [-0.4, -0.2) is 16.9 Å². The molecule has 0 amide bonds. The zero-order valence-corrected chi connectivity index (χ0v) is 10.6. The van der Waals surface area contributed by atoms with Crippen LogP contribution in [0.1, 0.15) is 64.7 Å². The minimum atomic E-state index is -0.753. The van der Waals surface area contributed by atoms with E-state index in [2.05, 4.69) is 11.8 Å². The number of carboxylic acid groups (broad SMARTS) is 1. The largest absolute Gasteiger partial charge is 0.481 e. The molecule has 3 heteroatoms. The number of unbranched alkanes of at least 4 members (excludes halogenated alkanes) is 5. The molecule has 0 bridgehead atoms. The second kappa shape index (κ2) is 11.2. The standard InChI is InChI=1S/C14H22O3/c1-13(15)11-9-7-5-3-2-4-6-8-10-12-14(16)17/h2-3,5,7-12H2,1H3,(H,16,17). The summed E-state index contributed by atoms with van der Waals surface area (Å²) in [6.07, 6.45) is 7.38. The lowest BCUT2D eigenvalue weighted by atomic mass is 10.1. The van der Waals surface area contributed by atoms with Crippen LogP contribution < -0.4 is 0 Å². The van der Waals surface area contributed by atoms with Gasteiger partial charge in [0, 0.05) is 25.7 Å². The molecular formula is C14H22O3. The summed E-state index contributed by atoms with van der Waals surface area (Å²) in [5.41, 5.74) is 0. The number of carbonyl (C=O) groups is 2. The first-order chi connectivity index (χ1) is 8.13. The molecule has 0 saturated heterocycles. The Labute approximate surface area is 104 Å². The average molecular weight is 238 g/mol. The van der Waals surface area contributed by atoms with Crippen molar-refractivity contribution in [2.24, 2.45) is 0 Å². The van der Waals surface area contributed by atoms with Gasteiger partial charge in [-0.1, -0.05) is 12.8 Å². The zero-order chi connectivity index (χ0) is 12.9. The van der Waals surface area contributed by atoms with Gasteiger partial charge >= 0.3 is 5.97 Å². The van der Waals surface area contributed by atoms with E-state index in [1.165, 1.54) is 0 Å². The molecule has 0 unspecified atom stereocenters. The van der Waals surface area contributed by atoms with Gasteiger partial charge in [-0.05, 0) is 26.2 Å². The van der Waals surface area contributed by atoms with Gasteiger partial charge in [-0.2, -0.15) is 0 Å². The fraction of sp³-hybridized carbons (Fsp3) is 0.714. The van der Waals surface area contributed by atoms with Crippen molar-refractivity contribution >= 4 is 11.8 Å². The summed E-state index contributed by atoms with van der Waals surface area (Å²) in [7, 11) is 0. The van der Waals surface area contributed by atoms with Gasteiger partial charge in [0.25, 0.3) is 0 Å². The third kappa shape index (κ3) is 14.7. The van der Waals surface area contributed by atoms with Gasteiger partial charge < -0.3 is 9.90 Å². The number of rotatable bonds is 9. The van der Waals surface area contributed by atoms with Crippen molar-refractivity contribution in [2.75, 3.05) is 0 Å². The lowest BCUT2D eigenvalue weighted by Gasteiger charge is -1.96. The van der Waals surface area contributed by atoms with E-state index in [0.717, 1.165) is 32.1 Å². The average Bonchev–Trinajstić information content (AvgIpc) is 2.25. The molecule has 0 aliphatic rings. The monoisotopic (exact) mass is 238 g/mol. The quantitative estimate of drug-likeness (QED) is 0.496. The Bertz CT molecular complexity index is 284. The molecule has 0 aromatic heterocycles. The summed E-state index contributed by atoms with van der Waals surface area (Å²) in [4.78, 5) is 20.9. The van der Waals surface area contributed by atoms with Crippen LogP contribution in [0.2, 0.25) is 0 Å². The number of Topliss-reactive ketones (excluding diaryl/α,β-unsaturated/α-hetero) is 1. The lowest BCUT2D eigenvalue weighted by molar-refractivity contribution is -0.137. The SMILES string of the molecule is CC(=O)CCCCCCC#CCCCC(=O)O. The van der Waals surface area contributed by atoms with Gasteiger partial charge in [0.1, 0.15) is 5.78 Å². The Morgan fingerprint density at radius 1 is 0.882 bits per heavy atom. The Morgan fingerprint density at radius 2 is 1.47 bits per heavy atom. The number of carbonyl (C=O) groups excluding carboxylic acids is 1. The van der Waals surface area contributed by atoms with E-state index in [9.17, 15) is 9.59 Å². The predicted molar refractivity (Wildman–Crippen MR) is 67.6 cm³/mol. The van der Waals surface area contributed by atoms with Gasteiger partial charge in [0.05, 0.1) is 0 Å². The molecule has 0 aliphatic heterocycles. The third-order valence-electron chi connectivity index (χ3n) is 2.40. The Balaban J connectivity index is 3.19. The van der Waals surface area contributed by atoms with Crippen molar-refractivity contribution < 1.29 is 14.7 Å². The second-order valence-corrected chi connectivity index (χ2v) is 4.22. The molecule has 0 spiro atoms. The number of hydrogen-bond donors (Lipinski definition) is 1. The van der Waals surface area contributed by atoms with Crippen molar-refractivity contribution in [3.63, 3.8) is 0 Å². The minimum Gasteiger partial charge on any atom is -0.481 e. The van der Waals surface area contributed by atoms with Crippen molar-refractivity contribution in [3.8, 4) is 11.8 Å². The predicted octanol–water partition coefficient (Wildman–Crippen LogP) is 3.17. The molecule has 3 nitrogen and oxygen atoms in total. The number of hydrogen-bond acceptors (Lipinski definition) is 2. The highest BCUT2D eigenvalue weighted by Gasteiger charge is 1.94.